The average molecular weight is 371 g/mol. The number of rotatable bonds is 12. The van der Waals surface area contributed by atoms with Crippen LogP contribution in [0.3, 0.4) is 0 Å². The molecule has 0 amide bonds. The van der Waals surface area contributed by atoms with Gasteiger partial charge in [0.1, 0.15) is 0 Å². The smallest absolute Gasteiger partial charge is 0.335 e. The molecule has 0 bridgehead atoms. The van der Waals surface area contributed by atoms with Gasteiger partial charge in [0, 0.05) is 13.0 Å². The van der Waals surface area contributed by atoms with Crippen molar-refractivity contribution in [1.29, 1.82) is 0 Å². The number of aliphatic carboxylic acids is 1. The first-order valence-electron chi connectivity index (χ1n) is 10.5. The Morgan fingerprint density at radius 1 is 1.04 bits per heavy atom. The average Bonchev–Trinajstić information content (AvgIpc) is 2.68. The lowest BCUT2D eigenvalue weighted by atomic mass is 9.79. The van der Waals surface area contributed by atoms with Crippen molar-refractivity contribution < 1.29 is 14.6 Å². The zero-order valence-corrected chi connectivity index (χ0v) is 16.9. The molecule has 0 heterocycles. The van der Waals surface area contributed by atoms with Crippen molar-refractivity contribution in [2.24, 2.45) is 0 Å². The number of carbonyl (C=O) groups is 1. The molecule has 0 saturated carbocycles. The van der Waals surface area contributed by atoms with E-state index in [9.17, 15) is 9.90 Å². The second kappa shape index (κ2) is 11.1. The van der Waals surface area contributed by atoms with Gasteiger partial charge < -0.3 is 9.84 Å². The Morgan fingerprint density at radius 2 is 1.74 bits per heavy atom. The predicted molar refractivity (Wildman–Crippen MR) is 112 cm³/mol. The van der Waals surface area contributed by atoms with Crippen LogP contribution in [0.2, 0.25) is 0 Å². The molecule has 148 valence electrons. The molecule has 2 rings (SSSR count). The quantitative estimate of drug-likeness (QED) is 0.433. The molecule has 0 radical (unpaired) electrons. The third-order valence-electron chi connectivity index (χ3n) is 5.30. The monoisotopic (exact) mass is 370 g/mol. The van der Waals surface area contributed by atoms with E-state index in [0.29, 0.717) is 12.0 Å². The van der Waals surface area contributed by atoms with E-state index >= 15 is 0 Å². The summed E-state index contributed by atoms with van der Waals surface area (Å²) in [6.07, 6.45) is 13.5. The summed E-state index contributed by atoms with van der Waals surface area (Å²) < 4.78 is 6.43. The normalized spacial score (nSPS) is 19.5. The van der Waals surface area contributed by atoms with E-state index in [0.717, 1.165) is 43.4 Å². The maximum atomic E-state index is 11.8. The van der Waals surface area contributed by atoms with Gasteiger partial charge in [0.15, 0.2) is 0 Å². The highest BCUT2D eigenvalue weighted by atomic mass is 16.5. The molecule has 0 aliphatic heterocycles. The van der Waals surface area contributed by atoms with Gasteiger partial charge in [-0.1, -0.05) is 88.8 Å². The van der Waals surface area contributed by atoms with Crippen LogP contribution in [0, 0.1) is 0 Å². The molecule has 27 heavy (non-hydrogen) atoms. The second-order valence-electron chi connectivity index (χ2n) is 7.50. The molecule has 0 aromatic heterocycles. The van der Waals surface area contributed by atoms with Crippen molar-refractivity contribution in [1.82, 2.24) is 0 Å². The van der Waals surface area contributed by atoms with Gasteiger partial charge in [0.25, 0.3) is 0 Å². The van der Waals surface area contributed by atoms with Crippen LogP contribution in [0.5, 0.6) is 0 Å². The Labute approximate surface area is 164 Å². The number of hydrogen-bond acceptors (Lipinski definition) is 2. The Bertz CT molecular complexity index is 645. The van der Waals surface area contributed by atoms with Gasteiger partial charge in [-0.25, -0.2) is 4.79 Å². The standard InChI is InChI=1S/C24H34O3/c1-3-5-7-12-18-27-24(16-11-6-4-2)17-15-21(23(25)26)22(19-24)20-13-9-8-10-14-20/h8-10,13-15,17H,3-7,11-12,16,18-19H2,1-2H3,(H,25,26). The van der Waals surface area contributed by atoms with Crippen molar-refractivity contribution in [2.75, 3.05) is 6.61 Å². The SMILES string of the molecule is CCCCCCOC1(CCCCC)C=CC(C(=O)O)=C(c2ccccc2)C1. The molecule has 1 atom stereocenters. The summed E-state index contributed by atoms with van der Waals surface area (Å²) in [6.45, 7) is 5.15. The summed E-state index contributed by atoms with van der Waals surface area (Å²) in [6, 6.07) is 9.88. The number of carboxylic acid groups (broad SMARTS) is 1. The van der Waals surface area contributed by atoms with Gasteiger partial charge in [-0.3, -0.25) is 0 Å². The molecule has 1 aromatic rings. The highest BCUT2D eigenvalue weighted by molar-refractivity contribution is 6.00. The van der Waals surface area contributed by atoms with Crippen LogP contribution in [0.25, 0.3) is 5.57 Å². The summed E-state index contributed by atoms with van der Waals surface area (Å²) in [5.41, 5.74) is 1.87. The molecule has 3 heteroatoms. The van der Waals surface area contributed by atoms with Crippen LogP contribution >= 0.6 is 0 Å². The molecule has 1 aliphatic rings. The molecule has 1 N–H and O–H groups in total. The van der Waals surface area contributed by atoms with Crippen LogP contribution in [0.1, 0.15) is 77.2 Å². The highest BCUT2D eigenvalue weighted by Crippen LogP contribution is 2.39. The minimum absolute atomic E-state index is 0.383. The Morgan fingerprint density at radius 3 is 2.41 bits per heavy atom. The third-order valence-corrected chi connectivity index (χ3v) is 5.30. The first-order chi connectivity index (χ1) is 13.1. The topological polar surface area (TPSA) is 46.5 Å². The molecular weight excluding hydrogens is 336 g/mol. The van der Waals surface area contributed by atoms with Gasteiger partial charge in [-0.2, -0.15) is 0 Å². The van der Waals surface area contributed by atoms with Crippen LogP contribution in [0.15, 0.2) is 48.1 Å². The molecule has 1 aromatic carbocycles. The first-order valence-corrected chi connectivity index (χ1v) is 10.5. The van der Waals surface area contributed by atoms with E-state index in [2.05, 4.69) is 13.8 Å². The van der Waals surface area contributed by atoms with E-state index in [4.69, 9.17) is 4.74 Å². The summed E-state index contributed by atoms with van der Waals surface area (Å²) >= 11 is 0. The number of carboxylic acids is 1. The number of hydrogen-bond donors (Lipinski definition) is 1. The van der Waals surface area contributed by atoms with Gasteiger partial charge >= 0.3 is 5.97 Å². The zero-order valence-electron chi connectivity index (χ0n) is 16.9. The van der Waals surface area contributed by atoms with Gasteiger partial charge in [0.2, 0.25) is 0 Å². The van der Waals surface area contributed by atoms with Crippen molar-refractivity contribution in [3.63, 3.8) is 0 Å². The highest BCUT2D eigenvalue weighted by Gasteiger charge is 2.34. The number of ether oxygens (including phenoxy) is 1. The summed E-state index contributed by atoms with van der Waals surface area (Å²) in [4.78, 5) is 11.8. The number of benzene rings is 1. The lowest BCUT2D eigenvalue weighted by Gasteiger charge is -2.35. The lowest BCUT2D eigenvalue weighted by molar-refractivity contribution is -0.132. The summed E-state index contributed by atoms with van der Waals surface area (Å²) in [7, 11) is 0. The third kappa shape index (κ3) is 6.35. The largest absolute Gasteiger partial charge is 0.478 e. The maximum Gasteiger partial charge on any atom is 0.335 e. The maximum absolute atomic E-state index is 11.8. The second-order valence-corrected chi connectivity index (χ2v) is 7.50. The molecule has 0 fully saturated rings. The molecular formula is C24H34O3. The van der Waals surface area contributed by atoms with Crippen LogP contribution in [0.4, 0.5) is 0 Å². The molecule has 0 saturated heterocycles. The fraction of sp³-hybridized carbons (Fsp3) is 0.542. The van der Waals surface area contributed by atoms with E-state index in [1.807, 2.05) is 36.4 Å². The van der Waals surface area contributed by atoms with Crippen LogP contribution < -0.4 is 0 Å². The van der Waals surface area contributed by atoms with Crippen LogP contribution in [-0.2, 0) is 9.53 Å². The fourth-order valence-corrected chi connectivity index (χ4v) is 3.71. The van der Waals surface area contributed by atoms with E-state index < -0.39 is 5.97 Å². The molecule has 0 spiro atoms. The molecule has 3 nitrogen and oxygen atoms in total. The summed E-state index contributed by atoms with van der Waals surface area (Å²) in [5, 5.41) is 9.68. The van der Waals surface area contributed by atoms with Gasteiger partial charge in [-0.15, -0.1) is 0 Å². The minimum Gasteiger partial charge on any atom is -0.478 e. The Hall–Kier alpha value is -1.87. The first kappa shape index (κ1) is 21.4. The van der Waals surface area contributed by atoms with Crippen molar-refractivity contribution in [2.45, 2.75) is 77.2 Å². The zero-order chi connectivity index (χ0) is 19.5. The van der Waals surface area contributed by atoms with E-state index in [-0.39, 0.29) is 5.60 Å². The molecule has 1 aliphatic carbocycles. The Balaban J connectivity index is 2.21. The van der Waals surface area contributed by atoms with E-state index in [1.54, 1.807) is 6.08 Å². The van der Waals surface area contributed by atoms with Crippen molar-refractivity contribution in [3.8, 4) is 0 Å². The van der Waals surface area contributed by atoms with Crippen LogP contribution in [-0.4, -0.2) is 23.3 Å². The fourth-order valence-electron chi connectivity index (χ4n) is 3.71. The predicted octanol–water partition coefficient (Wildman–Crippen LogP) is 6.40. The Kier molecular flexibility index (Phi) is 8.80. The van der Waals surface area contributed by atoms with Gasteiger partial charge in [-0.05, 0) is 30.1 Å². The van der Waals surface area contributed by atoms with Crippen molar-refractivity contribution >= 4 is 11.5 Å². The van der Waals surface area contributed by atoms with Gasteiger partial charge in [0.05, 0.1) is 11.2 Å². The number of unbranched alkanes of at least 4 members (excludes halogenated alkanes) is 5. The molecule has 1 unspecified atom stereocenters. The van der Waals surface area contributed by atoms with E-state index in [1.165, 1.54) is 25.7 Å². The summed E-state index contributed by atoms with van der Waals surface area (Å²) in [5.74, 6) is -0.866. The minimum atomic E-state index is -0.866. The van der Waals surface area contributed by atoms with Crippen molar-refractivity contribution in [3.05, 3.63) is 53.6 Å². The lowest BCUT2D eigenvalue weighted by Crippen LogP contribution is -2.34.